The van der Waals surface area contributed by atoms with E-state index in [-0.39, 0.29) is 11.5 Å². The highest BCUT2D eigenvalue weighted by molar-refractivity contribution is 7.89. The number of sulfonamides is 1. The molecule has 5 nitrogen and oxygen atoms in total. The first kappa shape index (κ1) is 15.9. The summed E-state index contributed by atoms with van der Waals surface area (Å²) in [5.74, 6) is 0. The predicted molar refractivity (Wildman–Crippen MR) is 75.3 cm³/mol. The third kappa shape index (κ3) is 3.68. The summed E-state index contributed by atoms with van der Waals surface area (Å²) in [4.78, 5) is 0.236. The van der Waals surface area contributed by atoms with Crippen molar-refractivity contribution in [2.24, 2.45) is 0 Å². The average Bonchev–Trinajstić information content (AvgIpc) is 2.82. The van der Waals surface area contributed by atoms with Crippen LogP contribution in [0.2, 0.25) is 0 Å². The molecule has 0 aromatic carbocycles. The zero-order chi connectivity index (χ0) is 14.5. The lowest BCUT2D eigenvalue weighted by Crippen LogP contribution is -2.27. The fraction of sp³-hybridized carbons (Fsp3) is 0.538. The number of aliphatic hydroxyl groups is 1. The molecule has 1 rings (SSSR count). The quantitative estimate of drug-likeness (QED) is 0.583. The van der Waals surface area contributed by atoms with Gasteiger partial charge in [-0.2, -0.15) is 0 Å². The van der Waals surface area contributed by atoms with Crippen molar-refractivity contribution in [2.45, 2.75) is 37.8 Å². The minimum atomic E-state index is -3.47. The van der Waals surface area contributed by atoms with Crippen molar-refractivity contribution in [3.05, 3.63) is 30.6 Å². The molecule has 0 saturated carbocycles. The molecule has 1 heterocycles. The normalized spacial score (nSPS) is 12.0. The molecule has 0 atom stereocenters. The molecule has 0 aliphatic carbocycles. The molecular formula is C13H22N2O3S. The van der Waals surface area contributed by atoms with E-state index in [4.69, 9.17) is 0 Å². The van der Waals surface area contributed by atoms with Crippen LogP contribution in [0, 0.1) is 0 Å². The van der Waals surface area contributed by atoms with Gasteiger partial charge in [-0.3, -0.25) is 0 Å². The summed E-state index contributed by atoms with van der Waals surface area (Å²) in [5.41, 5.74) is 0.612. The number of rotatable bonds is 8. The van der Waals surface area contributed by atoms with Gasteiger partial charge < -0.3 is 9.67 Å². The summed E-state index contributed by atoms with van der Waals surface area (Å²) in [6, 6.07) is 1.53. The minimum Gasteiger partial charge on any atom is -0.390 e. The molecule has 0 spiro atoms. The fourth-order valence-electron chi connectivity index (χ4n) is 1.85. The van der Waals surface area contributed by atoms with Gasteiger partial charge in [-0.25, -0.2) is 12.7 Å². The van der Waals surface area contributed by atoms with E-state index < -0.39 is 10.0 Å². The smallest absolute Gasteiger partial charge is 0.244 e. The van der Waals surface area contributed by atoms with Crippen molar-refractivity contribution < 1.29 is 13.5 Å². The zero-order valence-corrected chi connectivity index (χ0v) is 12.4. The van der Waals surface area contributed by atoms with Crippen LogP contribution in [-0.4, -0.2) is 36.0 Å². The summed E-state index contributed by atoms with van der Waals surface area (Å²) in [6.45, 7) is 6.45. The van der Waals surface area contributed by atoms with Crippen molar-refractivity contribution in [3.63, 3.8) is 0 Å². The van der Waals surface area contributed by atoms with Crippen molar-refractivity contribution in [2.75, 3.05) is 13.6 Å². The number of allylic oxidation sites excluding steroid dienone is 1. The number of hydrogen-bond acceptors (Lipinski definition) is 3. The second-order valence-electron chi connectivity index (χ2n) is 4.37. The van der Waals surface area contributed by atoms with Crippen molar-refractivity contribution in [1.29, 1.82) is 0 Å². The highest BCUT2D eigenvalue weighted by Gasteiger charge is 2.22. The molecule has 0 aliphatic rings. The summed E-state index contributed by atoms with van der Waals surface area (Å²) < 4.78 is 27.7. The summed E-state index contributed by atoms with van der Waals surface area (Å²) in [5, 5.41) is 9.20. The van der Waals surface area contributed by atoms with Gasteiger partial charge in [0.2, 0.25) is 10.0 Å². The zero-order valence-electron chi connectivity index (χ0n) is 11.5. The highest BCUT2D eigenvalue weighted by atomic mass is 32.2. The summed E-state index contributed by atoms with van der Waals surface area (Å²) in [6.07, 6.45) is 4.89. The number of nitrogens with zero attached hydrogens (tertiary/aromatic N) is 2. The van der Waals surface area contributed by atoms with Crippen LogP contribution in [0.3, 0.4) is 0 Å². The maximum Gasteiger partial charge on any atom is 0.244 e. The Balaban J connectivity index is 2.92. The van der Waals surface area contributed by atoms with Crippen LogP contribution in [0.4, 0.5) is 0 Å². The number of hydrogen-bond donors (Lipinski definition) is 1. The monoisotopic (exact) mass is 286 g/mol. The topological polar surface area (TPSA) is 62.5 Å². The summed E-state index contributed by atoms with van der Waals surface area (Å²) >= 11 is 0. The third-order valence-electron chi connectivity index (χ3n) is 3.05. The van der Waals surface area contributed by atoms with Crippen molar-refractivity contribution in [1.82, 2.24) is 8.87 Å². The van der Waals surface area contributed by atoms with Gasteiger partial charge in [0.25, 0.3) is 0 Å². The average molecular weight is 286 g/mol. The highest BCUT2D eigenvalue weighted by Crippen LogP contribution is 2.18. The van der Waals surface area contributed by atoms with Gasteiger partial charge in [0.05, 0.1) is 6.61 Å². The predicted octanol–water partition coefficient (Wildman–Crippen LogP) is 1.59. The van der Waals surface area contributed by atoms with E-state index in [1.54, 1.807) is 23.9 Å². The molecule has 6 heteroatoms. The fourth-order valence-corrected chi connectivity index (χ4v) is 3.13. The lowest BCUT2D eigenvalue weighted by atomic mass is 10.3. The number of aliphatic hydroxyl groups excluding tert-OH is 1. The lowest BCUT2D eigenvalue weighted by Gasteiger charge is -2.15. The molecule has 0 radical (unpaired) electrons. The summed E-state index contributed by atoms with van der Waals surface area (Å²) in [7, 11) is -1.90. The van der Waals surface area contributed by atoms with Crippen LogP contribution in [0.15, 0.2) is 29.8 Å². The minimum absolute atomic E-state index is 0.163. The Morgan fingerprint density at radius 2 is 2.21 bits per heavy atom. The van der Waals surface area contributed by atoms with Crippen LogP contribution in [0.5, 0.6) is 0 Å². The van der Waals surface area contributed by atoms with Gasteiger partial charge in [0.15, 0.2) is 0 Å². The standard InChI is InChI=1S/C13H22N2O3S/c1-4-6-7-8-14(3)19(17,18)13-9-12(11-16)15(5-2)10-13/h4,9-10,16H,1,5-8,11H2,2-3H3. The van der Waals surface area contributed by atoms with E-state index in [1.165, 1.54) is 10.4 Å². The van der Waals surface area contributed by atoms with Crippen LogP contribution in [-0.2, 0) is 23.2 Å². The molecule has 0 amide bonds. The largest absolute Gasteiger partial charge is 0.390 e. The maximum atomic E-state index is 12.3. The molecule has 0 saturated heterocycles. The second-order valence-corrected chi connectivity index (χ2v) is 6.41. The Hall–Kier alpha value is -1.11. The van der Waals surface area contributed by atoms with Gasteiger partial charge in [0, 0.05) is 32.0 Å². The van der Waals surface area contributed by atoms with Crippen molar-refractivity contribution >= 4 is 10.0 Å². The second kappa shape index (κ2) is 6.88. The first-order valence-electron chi connectivity index (χ1n) is 6.34. The van der Waals surface area contributed by atoms with Crippen molar-refractivity contribution in [3.8, 4) is 0 Å². The van der Waals surface area contributed by atoms with Gasteiger partial charge in [-0.1, -0.05) is 6.08 Å². The van der Waals surface area contributed by atoms with Crippen LogP contribution in [0.25, 0.3) is 0 Å². The molecule has 1 aromatic heterocycles. The first-order chi connectivity index (χ1) is 8.97. The first-order valence-corrected chi connectivity index (χ1v) is 7.78. The third-order valence-corrected chi connectivity index (χ3v) is 4.88. The molecule has 108 valence electrons. The van der Waals surface area contributed by atoms with Gasteiger partial charge in [0.1, 0.15) is 4.90 Å². The Kier molecular flexibility index (Phi) is 5.78. The van der Waals surface area contributed by atoms with Gasteiger partial charge >= 0.3 is 0 Å². The van der Waals surface area contributed by atoms with E-state index in [0.717, 1.165) is 12.8 Å². The Labute approximate surface area is 115 Å². The maximum absolute atomic E-state index is 12.3. The van der Waals surface area contributed by atoms with E-state index in [2.05, 4.69) is 6.58 Å². The van der Waals surface area contributed by atoms with Crippen LogP contribution in [0.1, 0.15) is 25.5 Å². The molecule has 0 aliphatic heterocycles. The molecule has 1 N–H and O–H groups in total. The number of aromatic nitrogens is 1. The van der Waals surface area contributed by atoms with E-state index in [9.17, 15) is 13.5 Å². The van der Waals surface area contributed by atoms with E-state index >= 15 is 0 Å². The van der Waals surface area contributed by atoms with Crippen LogP contribution < -0.4 is 0 Å². The lowest BCUT2D eigenvalue weighted by molar-refractivity contribution is 0.271. The Morgan fingerprint density at radius 3 is 2.68 bits per heavy atom. The number of aryl methyl sites for hydroxylation is 1. The van der Waals surface area contributed by atoms with Crippen LogP contribution >= 0.6 is 0 Å². The molecule has 0 bridgehead atoms. The SMILES string of the molecule is C=CCCCN(C)S(=O)(=O)c1cc(CO)n(CC)c1. The molecular weight excluding hydrogens is 264 g/mol. The van der Waals surface area contributed by atoms with E-state index in [0.29, 0.717) is 18.8 Å². The van der Waals surface area contributed by atoms with Gasteiger partial charge in [-0.15, -0.1) is 6.58 Å². The Bertz CT molecular complexity index is 498. The molecule has 0 fully saturated rings. The molecule has 19 heavy (non-hydrogen) atoms. The van der Waals surface area contributed by atoms with E-state index in [1.807, 2.05) is 6.92 Å². The number of unbranched alkanes of at least 4 members (excludes halogenated alkanes) is 1. The molecule has 1 aromatic rings. The molecule has 0 unspecified atom stereocenters. The van der Waals surface area contributed by atoms with Gasteiger partial charge in [-0.05, 0) is 25.8 Å². The Morgan fingerprint density at radius 1 is 1.53 bits per heavy atom.